The van der Waals surface area contributed by atoms with Crippen LogP contribution in [0.3, 0.4) is 0 Å². The summed E-state index contributed by atoms with van der Waals surface area (Å²) in [4.78, 5) is 0. The van der Waals surface area contributed by atoms with Crippen LogP contribution >= 0.6 is 24.0 Å². The molecule has 0 saturated heterocycles. The fourth-order valence-electron chi connectivity index (χ4n) is 1.41. The van der Waals surface area contributed by atoms with Crippen LogP contribution in [-0.4, -0.2) is 0 Å². The number of rotatable bonds is 1. The molecule has 2 rings (SSSR count). The molecule has 0 bridgehead atoms. The molecule has 0 aliphatic carbocycles. The van der Waals surface area contributed by atoms with Crippen LogP contribution in [0.5, 0.6) is 0 Å². The second kappa shape index (κ2) is 3.31. The van der Waals surface area contributed by atoms with Crippen molar-refractivity contribution in [3.8, 4) is 0 Å². The van der Waals surface area contributed by atoms with Gasteiger partial charge in [0.25, 0.3) is 0 Å². The molecule has 0 N–H and O–H groups in total. The molecule has 0 spiro atoms. The topological polar surface area (TPSA) is 0 Å². The highest BCUT2D eigenvalue weighted by Crippen LogP contribution is 2.34. The van der Waals surface area contributed by atoms with Gasteiger partial charge >= 0.3 is 0 Å². The summed E-state index contributed by atoms with van der Waals surface area (Å²) >= 11 is 5.51. The highest BCUT2D eigenvalue weighted by atomic mass is 32.2. The number of fused-ring (bicyclic) bond motifs is 1. The van der Waals surface area contributed by atoms with E-state index in [-0.39, 0.29) is 5.82 Å². The third-order valence-electron chi connectivity index (χ3n) is 2.10. The molecule has 2 aromatic rings. The first-order chi connectivity index (χ1) is 6.24. The summed E-state index contributed by atoms with van der Waals surface area (Å²) in [6.45, 7) is 2.07. The summed E-state index contributed by atoms with van der Waals surface area (Å²) in [5.41, 5.74) is 1.20. The number of thiophene rings is 1. The Kier molecular flexibility index (Phi) is 2.30. The molecule has 0 atom stereocenters. The van der Waals surface area contributed by atoms with Gasteiger partial charge in [0.1, 0.15) is 0 Å². The fraction of sp³-hybridized carbons (Fsp3) is 0.200. The van der Waals surface area contributed by atoms with E-state index in [4.69, 9.17) is 0 Å². The van der Waals surface area contributed by atoms with Crippen LogP contribution in [0.15, 0.2) is 22.4 Å². The Morgan fingerprint density at radius 3 is 2.92 bits per heavy atom. The number of benzene rings is 1. The quantitative estimate of drug-likeness (QED) is 0.681. The lowest BCUT2D eigenvalue weighted by Crippen LogP contribution is -1.78. The van der Waals surface area contributed by atoms with Gasteiger partial charge in [0.2, 0.25) is 0 Å². The van der Waals surface area contributed by atoms with Gasteiger partial charge in [-0.05, 0) is 12.0 Å². The lowest BCUT2D eigenvalue weighted by Gasteiger charge is -1.96. The van der Waals surface area contributed by atoms with Gasteiger partial charge in [-0.15, -0.1) is 24.0 Å². The minimum absolute atomic E-state index is 0.182. The molecule has 3 heteroatoms. The van der Waals surface area contributed by atoms with E-state index in [0.29, 0.717) is 9.60 Å². The van der Waals surface area contributed by atoms with Crippen molar-refractivity contribution >= 4 is 34.1 Å². The van der Waals surface area contributed by atoms with Gasteiger partial charge in [-0.1, -0.05) is 25.1 Å². The van der Waals surface area contributed by atoms with Gasteiger partial charge < -0.3 is 0 Å². The van der Waals surface area contributed by atoms with Crippen LogP contribution in [0.4, 0.5) is 4.39 Å². The van der Waals surface area contributed by atoms with Crippen molar-refractivity contribution in [2.75, 3.05) is 0 Å². The summed E-state index contributed by atoms with van der Waals surface area (Å²) in [6.07, 6.45) is 0.935. The molecule has 1 aromatic carbocycles. The van der Waals surface area contributed by atoms with Crippen molar-refractivity contribution < 1.29 is 4.39 Å². The summed E-state index contributed by atoms with van der Waals surface area (Å²) in [5.74, 6) is -0.182. The molecule has 0 amide bonds. The number of hydrogen-bond acceptors (Lipinski definition) is 2. The van der Waals surface area contributed by atoms with Crippen LogP contribution in [-0.2, 0) is 6.42 Å². The van der Waals surface area contributed by atoms with E-state index in [1.807, 2.05) is 12.1 Å². The van der Waals surface area contributed by atoms with E-state index in [9.17, 15) is 4.39 Å². The molecule has 0 fully saturated rings. The number of aryl methyl sites for hydroxylation is 1. The van der Waals surface area contributed by atoms with Crippen LogP contribution in [0, 0.1) is 5.82 Å². The SMILES string of the molecule is CCc1cccc2c(F)c(S)sc12. The molecule has 0 aliphatic heterocycles. The molecule has 0 aliphatic rings. The molecule has 13 heavy (non-hydrogen) atoms. The Balaban J connectivity index is 2.84. The second-order valence-electron chi connectivity index (χ2n) is 2.87. The zero-order valence-electron chi connectivity index (χ0n) is 7.17. The zero-order valence-corrected chi connectivity index (χ0v) is 8.88. The second-order valence-corrected chi connectivity index (χ2v) is 4.64. The van der Waals surface area contributed by atoms with Gasteiger partial charge in [0.15, 0.2) is 5.82 Å². The van der Waals surface area contributed by atoms with Crippen molar-refractivity contribution in [2.45, 2.75) is 17.6 Å². The Labute approximate surface area is 85.8 Å². The molecular weight excluding hydrogens is 203 g/mol. The maximum atomic E-state index is 13.4. The molecule has 68 valence electrons. The lowest BCUT2D eigenvalue weighted by molar-refractivity contribution is 0.624. The third kappa shape index (κ3) is 1.36. The Morgan fingerprint density at radius 2 is 2.23 bits per heavy atom. The standard InChI is InChI=1S/C10H9FS2/c1-2-6-4-3-5-7-8(11)10(12)13-9(6)7/h3-5,12H,2H2,1H3. The molecule has 0 radical (unpaired) electrons. The van der Waals surface area contributed by atoms with Crippen LogP contribution in [0.25, 0.3) is 10.1 Å². The van der Waals surface area contributed by atoms with E-state index in [0.717, 1.165) is 11.1 Å². The first-order valence-electron chi connectivity index (χ1n) is 4.13. The molecule has 0 nitrogen and oxygen atoms in total. The van der Waals surface area contributed by atoms with Gasteiger partial charge in [0.05, 0.1) is 4.21 Å². The van der Waals surface area contributed by atoms with Crippen molar-refractivity contribution in [1.29, 1.82) is 0 Å². The Morgan fingerprint density at radius 1 is 1.46 bits per heavy atom. The Hall–Kier alpha value is -0.540. The van der Waals surface area contributed by atoms with Crippen LogP contribution < -0.4 is 0 Å². The van der Waals surface area contributed by atoms with Crippen molar-refractivity contribution in [3.05, 3.63) is 29.6 Å². The van der Waals surface area contributed by atoms with E-state index in [1.165, 1.54) is 16.9 Å². The largest absolute Gasteiger partial charge is 0.204 e. The first-order valence-corrected chi connectivity index (χ1v) is 5.39. The van der Waals surface area contributed by atoms with E-state index in [2.05, 4.69) is 19.6 Å². The van der Waals surface area contributed by atoms with Gasteiger partial charge in [-0.2, -0.15) is 0 Å². The van der Waals surface area contributed by atoms with Crippen molar-refractivity contribution in [3.63, 3.8) is 0 Å². The van der Waals surface area contributed by atoms with Crippen LogP contribution in [0.1, 0.15) is 12.5 Å². The fourth-order valence-corrected chi connectivity index (χ4v) is 2.81. The molecule has 0 saturated carbocycles. The minimum atomic E-state index is -0.182. The summed E-state index contributed by atoms with van der Waals surface area (Å²) in [6, 6.07) is 5.73. The van der Waals surface area contributed by atoms with E-state index in [1.54, 1.807) is 6.07 Å². The van der Waals surface area contributed by atoms with Crippen molar-refractivity contribution in [2.24, 2.45) is 0 Å². The third-order valence-corrected chi connectivity index (χ3v) is 3.63. The predicted octanol–water partition coefficient (Wildman–Crippen LogP) is 3.89. The average molecular weight is 212 g/mol. The average Bonchev–Trinajstić information content (AvgIpc) is 2.43. The first kappa shape index (κ1) is 9.03. The normalized spacial score (nSPS) is 11.0. The highest BCUT2D eigenvalue weighted by molar-refractivity contribution is 7.83. The van der Waals surface area contributed by atoms with E-state index < -0.39 is 0 Å². The predicted molar refractivity (Wildman–Crippen MR) is 58.4 cm³/mol. The molecule has 0 unspecified atom stereocenters. The summed E-state index contributed by atoms with van der Waals surface area (Å²) in [7, 11) is 0. The number of halogens is 1. The number of thiol groups is 1. The highest BCUT2D eigenvalue weighted by Gasteiger charge is 2.10. The zero-order chi connectivity index (χ0) is 9.42. The smallest absolute Gasteiger partial charge is 0.155 e. The maximum Gasteiger partial charge on any atom is 0.155 e. The minimum Gasteiger partial charge on any atom is -0.204 e. The summed E-state index contributed by atoms with van der Waals surface area (Å²) < 4.78 is 14.9. The summed E-state index contributed by atoms with van der Waals surface area (Å²) in [5, 5.41) is 0.703. The monoisotopic (exact) mass is 212 g/mol. The molecule has 1 heterocycles. The Bertz CT molecular complexity index is 445. The van der Waals surface area contributed by atoms with Crippen molar-refractivity contribution in [1.82, 2.24) is 0 Å². The van der Waals surface area contributed by atoms with Gasteiger partial charge in [0, 0.05) is 10.1 Å². The molecular formula is C10H9FS2. The lowest BCUT2D eigenvalue weighted by atomic mass is 10.1. The molecule has 1 aromatic heterocycles. The van der Waals surface area contributed by atoms with Gasteiger partial charge in [-0.3, -0.25) is 0 Å². The van der Waals surface area contributed by atoms with Crippen LogP contribution in [0.2, 0.25) is 0 Å². The van der Waals surface area contributed by atoms with Gasteiger partial charge in [-0.25, -0.2) is 4.39 Å². The van der Waals surface area contributed by atoms with E-state index >= 15 is 0 Å². The maximum absolute atomic E-state index is 13.4. The number of hydrogen-bond donors (Lipinski definition) is 1.